The summed E-state index contributed by atoms with van der Waals surface area (Å²) >= 11 is 0. The molecule has 2 fully saturated rings. The van der Waals surface area contributed by atoms with Gasteiger partial charge in [0.05, 0.1) is 5.56 Å². The van der Waals surface area contributed by atoms with Crippen LogP contribution in [0.3, 0.4) is 0 Å². The van der Waals surface area contributed by atoms with E-state index in [9.17, 15) is 9.59 Å². The van der Waals surface area contributed by atoms with Crippen molar-refractivity contribution < 1.29 is 9.59 Å². The van der Waals surface area contributed by atoms with E-state index in [0.717, 1.165) is 44.5 Å². The number of likely N-dealkylation sites (tertiary alicyclic amines) is 2. The lowest BCUT2D eigenvalue weighted by Gasteiger charge is -2.48. The summed E-state index contributed by atoms with van der Waals surface area (Å²) in [6, 6.07) is 7.53. The van der Waals surface area contributed by atoms with E-state index in [1.54, 1.807) is 0 Å². The van der Waals surface area contributed by atoms with Crippen molar-refractivity contribution in [2.45, 2.75) is 32.6 Å². The second kappa shape index (κ2) is 7.13. The first-order valence-electron chi connectivity index (χ1n) is 9.64. The largest absolute Gasteiger partial charge is 0.342 e. The number of carbonyl (C=O) groups excluding carboxylic acids is 2. The number of hydrogen-bond acceptors (Lipinski definition) is 4. The molecule has 0 bridgehead atoms. The van der Waals surface area contributed by atoms with Crippen molar-refractivity contribution in [3.05, 3.63) is 36.2 Å². The van der Waals surface area contributed by atoms with Crippen LogP contribution in [0.1, 0.15) is 43.0 Å². The summed E-state index contributed by atoms with van der Waals surface area (Å²) in [5.74, 6) is 0.870. The summed E-state index contributed by atoms with van der Waals surface area (Å²) in [5, 5.41) is 6.76. The van der Waals surface area contributed by atoms with E-state index in [1.807, 2.05) is 41.0 Å². The second-order valence-corrected chi connectivity index (χ2v) is 7.62. The van der Waals surface area contributed by atoms with Crippen molar-refractivity contribution in [1.82, 2.24) is 25.0 Å². The number of carbonyl (C=O) groups is 2. The summed E-state index contributed by atoms with van der Waals surface area (Å²) in [6.45, 7) is 4.99. The fourth-order valence-electron chi connectivity index (χ4n) is 4.49. The monoisotopic (exact) mass is 367 g/mol. The number of aromatic nitrogens is 3. The first-order valence-corrected chi connectivity index (χ1v) is 9.64. The highest BCUT2D eigenvalue weighted by molar-refractivity contribution is 6.00. The molecular formula is C20H25N5O2. The molecule has 1 spiro atoms. The molecule has 1 aromatic heterocycles. The van der Waals surface area contributed by atoms with E-state index in [-0.39, 0.29) is 17.2 Å². The van der Waals surface area contributed by atoms with Gasteiger partial charge >= 0.3 is 0 Å². The average Bonchev–Trinajstić information content (AvgIpc) is 3.24. The zero-order valence-electron chi connectivity index (χ0n) is 15.6. The molecule has 2 aromatic rings. The maximum absolute atomic E-state index is 13.3. The summed E-state index contributed by atoms with van der Waals surface area (Å²) in [6.07, 6.45) is 4.96. The predicted octanol–water partition coefficient (Wildman–Crippen LogP) is 2.34. The summed E-state index contributed by atoms with van der Waals surface area (Å²) < 4.78 is 0. The fourth-order valence-corrected chi connectivity index (χ4v) is 4.49. The van der Waals surface area contributed by atoms with Gasteiger partial charge in [0.15, 0.2) is 5.82 Å². The van der Waals surface area contributed by atoms with Crippen LogP contribution < -0.4 is 0 Å². The Bertz CT molecular complexity index is 835. The number of amides is 2. The molecular weight excluding hydrogens is 342 g/mol. The van der Waals surface area contributed by atoms with Crippen LogP contribution in [0, 0.1) is 5.41 Å². The number of rotatable bonds is 3. The van der Waals surface area contributed by atoms with Gasteiger partial charge in [-0.25, -0.2) is 4.98 Å². The van der Waals surface area contributed by atoms with Crippen LogP contribution in [0.2, 0.25) is 0 Å². The Morgan fingerprint density at radius 3 is 2.89 bits per heavy atom. The Morgan fingerprint density at radius 2 is 2.11 bits per heavy atom. The Balaban J connectivity index is 1.58. The molecule has 7 nitrogen and oxygen atoms in total. The molecule has 3 heterocycles. The van der Waals surface area contributed by atoms with E-state index in [1.165, 1.54) is 6.33 Å². The lowest BCUT2D eigenvalue weighted by atomic mass is 9.73. The maximum atomic E-state index is 13.3. The van der Waals surface area contributed by atoms with Crippen molar-refractivity contribution in [3.63, 3.8) is 0 Å². The zero-order chi connectivity index (χ0) is 18.9. The minimum atomic E-state index is 0.0268. The molecule has 1 aromatic carbocycles. The van der Waals surface area contributed by atoms with Crippen LogP contribution in [0.5, 0.6) is 0 Å². The molecule has 7 heteroatoms. The quantitative estimate of drug-likeness (QED) is 0.903. The van der Waals surface area contributed by atoms with Gasteiger partial charge in [-0.2, -0.15) is 5.10 Å². The van der Waals surface area contributed by atoms with Gasteiger partial charge in [-0.15, -0.1) is 0 Å². The van der Waals surface area contributed by atoms with Crippen molar-refractivity contribution in [2.24, 2.45) is 5.41 Å². The van der Waals surface area contributed by atoms with Gasteiger partial charge in [0.25, 0.3) is 5.91 Å². The molecule has 0 aliphatic carbocycles. The van der Waals surface area contributed by atoms with Crippen LogP contribution in [0.4, 0.5) is 0 Å². The van der Waals surface area contributed by atoms with Crippen molar-refractivity contribution in [3.8, 4) is 11.4 Å². The van der Waals surface area contributed by atoms with Crippen LogP contribution >= 0.6 is 0 Å². The highest BCUT2D eigenvalue weighted by atomic mass is 16.2. The van der Waals surface area contributed by atoms with Crippen LogP contribution in [-0.2, 0) is 4.79 Å². The third-order valence-corrected chi connectivity index (χ3v) is 5.91. The molecule has 1 atom stereocenters. The fraction of sp³-hybridized carbons (Fsp3) is 0.500. The van der Waals surface area contributed by atoms with E-state index in [4.69, 9.17) is 0 Å². The standard InChI is InChI=1S/C20H25N5O2/c1-2-24-12-20(10-8-17(24)26)9-5-11-25(13-20)19(27)16-7-4-3-6-15(16)18-21-14-22-23-18/h3-4,6-7,14H,2,5,8-13H2,1H3,(H,21,22,23). The SMILES string of the molecule is CCN1CC2(CCCN(C(=O)c3ccccc3-c3ncn[nH]3)C2)CCC1=O. The van der Waals surface area contributed by atoms with Crippen molar-refractivity contribution >= 4 is 11.8 Å². The number of piperidine rings is 2. The molecule has 2 saturated heterocycles. The van der Waals surface area contributed by atoms with Gasteiger partial charge in [-0.1, -0.05) is 18.2 Å². The molecule has 2 amide bonds. The van der Waals surface area contributed by atoms with Gasteiger partial charge in [0.2, 0.25) is 5.91 Å². The Kier molecular flexibility index (Phi) is 4.68. The molecule has 4 rings (SSSR count). The first-order chi connectivity index (χ1) is 13.1. The summed E-state index contributed by atoms with van der Waals surface area (Å²) in [4.78, 5) is 33.5. The van der Waals surface area contributed by atoms with Crippen molar-refractivity contribution in [1.29, 1.82) is 0 Å². The maximum Gasteiger partial charge on any atom is 0.254 e. The van der Waals surface area contributed by atoms with Crippen LogP contribution in [0.25, 0.3) is 11.4 Å². The topological polar surface area (TPSA) is 82.2 Å². The Labute approximate surface area is 158 Å². The Hall–Kier alpha value is -2.70. The van der Waals surface area contributed by atoms with Crippen molar-refractivity contribution in [2.75, 3.05) is 26.2 Å². The van der Waals surface area contributed by atoms with E-state index in [2.05, 4.69) is 15.2 Å². The minimum absolute atomic E-state index is 0.0268. The third-order valence-electron chi connectivity index (χ3n) is 5.91. The molecule has 142 valence electrons. The first kappa shape index (κ1) is 17.7. The lowest BCUT2D eigenvalue weighted by molar-refractivity contribution is -0.138. The third kappa shape index (κ3) is 3.34. The normalized spacial score (nSPS) is 23.1. The average molecular weight is 367 g/mol. The van der Waals surface area contributed by atoms with E-state index >= 15 is 0 Å². The number of nitrogens with one attached hydrogen (secondary N) is 1. The molecule has 0 saturated carbocycles. The number of aromatic amines is 1. The smallest absolute Gasteiger partial charge is 0.254 e. The highest BCUT2D eigenvalue weighted by Crippen LogP contribution is 2.39. The van der Waals surface area contributed by atoms with E-state index < -0.39 is 0 Å². The number of nitrogens with zero attached hydrogens (tertiary/aromatic N) is 4. The molecule has 0 radical (unpaired) electrons. The highest BCUT2D eigenvalue weighted by Gasteiger charge is 2.42. The summed E-state index contributed by atoms with van der Waals surface area (Å²) in [5.41, 5.74) is 1.44. The molecule has 2 aliphatic heterocycles. The number of hydrogen-bond donors (Lipinski definition) is 1. The molecule has 2 aliphatic rings. The molecule has 27 heavy (non-hydrogen) atoms. The van der Waals surface area contributed by atoms with Gasteiger partial charge in [0, 0.05) is 43.6 Å². The number of benzene rings is 1. The van der Waals surface area contributed by atoms with Gasteiger partial charge in [0.1, 0.15) is 6.33 Å². The van der Waals surface area contributed by atoms with Gasteiger partial charge < -0.3 is 9.80 Å². The molecule has 1 unspecified atom stereocenters. The zero-order valence-corrected chi connectivity index (χ0v) is 15.6. The number of H-pyrrole nitrogens is 1. The van der Waals surface area contributed by atoms with Gasteiger partial charge in [-0.3, -0.25) is 14.7 Å². The second-order valence-electron chi connectivity index (χ2n) is 7.62. The van der Waals surface area contributed by atoms with E-state index in [0.29, 0.717) is 24.4 Å². The van der Waals surface area contributed by atoms with Gasteiger partial charge in [-0.05, 0) is 32.3 Å². The van der Waals surface area contributed by atoms with Crippen LogP contribution in [-0.4, -0.2) is 63.0 Å². The minimum Gasteiger partial charge on any atom is -0.342 e. The summed E-state index contributed by atoms with van der Waals surface area (Å²) in [7, 11) is 0. The van der Waals surface area contributed by atoms with Crippen LogP contribution in [0.15, 0.2) is 30.6 Å². The Morgan fingerprint density at radius 1 is 1.26 bits per heavy atom. The molecule has 1 N–H and O–H groups in total. The lowest BCUT2D eigenvalue weighted by Crippen LogP contribution is -2.55. The predicted molar refractivity (Wildman–Crippen MR) is 101 cm³/mol.